The molecule has 0 fully saturated rings. The van der Waals surface area contributed by atoms with Crippen LogP contribution < -0.4 is 5.32 Å². The van der Waals surface area contributed by atoms with Gasteiger partial charge in [-0.3, -0.25) is 4.79 Å². The number of thiazole rings is 1. The number of halogens is 1. The second kappa shape index (κ2) is 7.81. The van der Waals surface area contributed by atoms with Gasteiger partial charge in [0.15, 0.2) is 0 Å². The van der Waals surface area contributed by atoms with Crippen LogP contribution in [0.1, 0.15) is 26.5 Å². The molecule has 0 radical (unpaired) electrons. The number of carbonyl (C=O) groups is 1. The number of hydrogen-bond acceptors (Lipinski definition) is 3. The highest BCUT2D eigenvalue weighted by Crippen LogP contribution is 2.28. The number of nitrogens with one attached hydrogen (secondary N) is 1. The van der Waals surface area contributed by atoms with E-state index in [1.54, 1.807) is 11.3 Å². The molecule has 3 rings (SSSR count). The van der Waals surface area contributed by atoms with Crippen LogP contribution in [0.25, 0.3) is 10.6 Å². The molecule has 0 atom stereocenters. The first kappa shape index (κ1) is 17.6. The van der Waals surface area contributed by atoms with E-state index in [9.17, 15) is 4.79 Å². The molecule has 5 heteroatoms. The first-order valence-corrected chi connectivity index (χ1v) is 9.29. The summed E-state index contributed by atoms with van der Waals surface area (Å²) in [5, 5.41) is 4.68. The van der Waals surface area contributed by atoms with Crippen molar-refractivity contribution in [2.24, 2.45) is 0 Å². The maximum absolute atomic E-state index is 12.2. The SMILES string of the molecule is Cc1cccc(C(=O)NCCc2sc(-c3ccc(Cl)cc3)nc2C)c1. The molecule has 0 aliphatic carbocycles. The Kier molecular flexibility index (Phi) is 5.51. The van der Waals surface area contributed by atoms with Gasteiger partial charge in [0, 0.05) is 34.0 Å². The van der Waals surface area contributed by atoms with Gasteiger partial charge in [-0.2, -0.15) is 0 Å². The zero-order valence-corrected chi connectivity index (χ0v) is 15.7. The second-order valence-corrected chi connectivity index (χ2v) is 7.43. The standard InChI is InChI=1S/C20H19ClN2OS/c1-13-4-3-5-16(12-13)19(24)22-11-10-18-14(2)23-20(25-18)15-6-8-17(21)9-7-15/h3-9,12H,10-11H2,1-2H3,(H,22,24). The van der Waals surface area contributed by atoms with E-state index in [2.05, 4.69) is 10.3 Å². The van der Waals surface area contributed by atoms with E-state index < -0.39 is 0 Å². The molecule has 0 aliphatic rings. The maximum atomic E-state index is 12.2. The minimum Gasteiger partial charge on any atom is -0.352 e. The van der Waals surface area contributed by atoms with Crippen molar-refractivity contribution in [3.8, 4) is 10.6 Å². The Morgan fingerprint density at radius 1 is 1.16 bits per heavy atom. The molecule has 1 heterocycles. The molecular weight excluding hydrogens is 352 g/mol. The van der Waals surface area contributed by atoms with E-state index in [1.807, 2.05) is 62.4 Å². The van der Waals surface area contributed by atoms with Gasteiger partial charge >= 0.3 is 0 Å². The molecule has 0 bridgehead atoms. The number of benzene rings is 2. The van der Waals surface area contributed by atoms with Gasteiger partial charge in [0.25, 0.3) is 5.91 Å². The van der Waals surface area contributed by atoms with Gasteiger partial charge in [-0.05, 0) is 38.1 Å². The number of rotatable bonds is 5. The van der Waals surface area contributed by atoms with Crippen molar-refractivity contribution in [3.63, 3.8) is 0 Å². The lowest BCUT2D eigenvalue weighted by Crippen LogP contribution is -2.25. The van der Waals surface area contributed by atoms with Crippen molar-refractivity contribution in [2.45, 2.75) is 20.3 Å². The summed E-state index contributed by atoms with van der Waals surface area (Å²) >= 11 is 7.60. The van der Waals surface area contributed by atoms with Gasteiger partial charge in [0.05, 0.1) is 5.69 Å². The van der Waals surface area contributed by atoms with Crippen LogP contribution >= 0.6 is 22.9 Å². The molecule has 2 aromatic carbocycles. The highest BCUT2D eigenvalue weighted by atomic mass is 35.5. The fourth-order valence-electron chi connectivity index (χ4n) is 2.55. The first-order chi connectivity index (χ1) is 12.0. The molecule has 128 valence electrons. The Hall–Kier alpha value is -2.17. The number of hydrogen-bond donors (Lipinski definition) is 1. The van der Waals surface area contributed by atoms with Crippen LogP contribution in [0.3, 0.4) is 0 Å². The van der Waals surface area contributed by atoms with Crippen LogP contribution in [0.4, 0.5) is 0 Å². The number of carbonyl (C=O) groups excluding carboxylic acids is 1. The number of aromatic nitrogens is 1. The molecule has 3 nitrogen and oxygen atoms in total. The molecular formula is C20H19ClN2OS. The highest BCUT2D eigenvalue weighted by molar-refractivity contribution is 7.15. The Labute approximate surface area is 156 Å². The van der Waals surface area contributed by atoms with Gasteiger partial charge in [-0.15, -0.1) is 11.3 Å². The Balaban J connectivity index is 1.62. The summed E-state index contributed by atoms with van der Waals surface area (Å²) in [6, 6.07) is 15.3. The molecule has 0 aliphatic heterocycles. The summed E-state index contributed by atoms with van der Waals surface area (Å²) in [7, 11) is 0. The molecule has 0 saturated heterocycles. The molecule has 0 spiro atoms. The zero-order valence-electron chi connectivity index (χ0n) is 14.2. The highest BCUT2D eigenvalue weighted by Gasteiger charge is 2.10. The van der Waals surface area contributed by atoms with Crippen LogP contribution in [-0.2, 0) is 6.42 Å². The van der Waals surface area contributed by atoms with Gasteiger partial charge in [-0.1, -0.05) is 41.4 Å². The second-order valence-electron chi connectivity index (χ2n) is 5.91. The molecule has 0 unspecified atom stereocenters. The quantitative estimate of drug-likeness (QED) is 0.682. The monoisotopic (exact) mass is 370 g/mol. The zero-order chi connectivity index (χ0) is 17.8. The van der Waals surface area contributed by atoms with Crippen molar-refractivity contribution in [2.75, 3.05) is 6.54 Å². The predicted octanol–water partition coefficient (Wildman–Crippen LogP) is 5.05. The van der Waals surface area contributed by atoms with Crippen LogP contribution in [-0.4, -0.2) is 17.4 Å². The molecule has 1 aromatic heterocycles. The smallest absolute Gasteiger partial charge is 0.251 e. The summed E-state index contributed by atoms with van der Waals surface area (Å²) in [5.41, 5.74) is 3.86. The normalized spacial score (nSPS) is 10.7. The molecule has 1 amide bonds. The molecule has 1 N–H and O–H groups in total. The third-order valence-corrected chi connectivity index (χ3v) is 5.42. The topological polar surface area (TPSA) is 42.0 Å². The Morgan fingerprint density at radius 3 is 2.64 bits per heavy atom. The minimum atomic E-state index is -0.0382. The average molecular weight is 371 g/mol. The van der Waals surface area contributed by atoms with E-state index in [0.717, 1.165) is 33.3 Å². The molecule has 0 saturated carbocycles. The summed E-state index contributed by atoms with van der Waals surface area (Å²) in [4.78, 5) is 18.0. The van der Waals surface area contributed by atoms with Crippen molar-refractivity contribution in [3.05, 3.63) is 75.3 Å². The Morgan fingerprint density at radius 2 is 1.92 bits per heavy atom. The van der Waals surface area contributed by atoms with Crippen LogP contribution in [0.15, 0.2) is 48.5 Å². The minimum absolute atomic E-state index is 0.0382. The fourth-order valence-corrected chi connectivity index (χ4v) is 3.75. The van der Waals surface area contributed by atoms with E-state index in [0.29, 0.717) is 12.1 Å². The third-order valence-electron chi connectivity index (χ3n) is 3.90. The number of nitrogens with zero attached hydrogens (tertiary/aromatic N) is 1. The Bertz CT molecular complexity index is 887. The summed E-state index contributed by atoms with van der Waals surface area (Å²) in [6.07, 6.45) is 0.772. The van der Waals surface area contributed by atoms with Gasteiger partial charge in [0.2, 0.25) is 0 Å². The third kappa shape index (κ3) is 4.47. The number of amides is 1. The van der Waals surface area contributed by atoms with Crippen molar-refractivity contribution >= 4 is 28.8 Å². The van der Waals surface area contributed by atoms with Crippen LogP contribution in [0.5, 0.6) is 0 Å². The summed E-state index contributed by atoms with van der Waals surface area (Å²) in [6.45, 7) is 4.58. The maximum Gasteiger partial charge on any atom is 0.251 e. The van der Waals surface area contributed by atoms with Gasteiger partial charge in [-0.25, -0.2) is 4.98 Å². The van der Waals surface area contributed by atoms with Gasteiger partial charge in [0.1, 0.15) is 5.01 Å². The predicted molar refractivity (Wildman–Crippen MR) is 105 cm³/mol. The summed E-state index contributed by atoms with van der Waals surface area (Å²) in [5.74, 6) is -0.0382. The largest absolute Gasteiger partial charge is 0.352 e. The van der Waals surface area contributed by atoms with Crippen LogP contribution in [0, 0.1) is 13.8 Å². The number of aryl methyl sites for hydroxylation is 2. The summed E-state index contributed by atoms with van der Waals surface area (Å²) < 4.78 is 0. The van der Waals surface area contributed by atoms with E-state index >= 15 is 0 Å². The lowest BCUT2D eigenvalue weighted by molar-refractivity contribution is 0.0954. The molecule has 3 aromatic rings. The van der Waals surface area contributed by atoms with Crippen molar-refractivity contribution in [1.29, 1.82) is 0 Å². The lowest BCUT2D eigenvalue weighted by atomic mass is 10.1. The molecule has 25 heavy (non-hydrogen) atoms. The fraction of sp³-hybridized carbons (Fsp3) is 0.200. The van der Waals surface area contributed by atoms with E-state index in [4.69, 9.17) is 11.6 Å². The van der Waals surface area contributed by atoms with Crippen LogP contribution in [0.2, 0.25) is 5.02 Å². The van der Waals surface area contributed by atoms with Crippen molar-refractivity contribution in [1.82, 2.24) is 10.3 Å². The average Bonchev–Trinajstić information content (AvgIpc) is 2.96. The van der Waals surface area contributed by atoms with Crippen molar-refractivity contribution < 1.29 is 4.79 Å². The lowest BCUT2D eigenvalue weighted by Gasteiger charge is -2.05. The van der Waals surface area contributed by atoms with E-state index in [1.165, 1.54) is 4.88 Å². The van der Waals surface area contributed by atoms with E-state index in [-0.39, 0.29) is 5.91 Å². The van der Waals surface area contributed by atoms with Gasteiger partial charge < -0.3 is 5.32 Å². The first-order valence-electron chi connectivity index (χ1n) is 8.10.